The molecule has 0 spiro atoms. The van der Waals surface area contributed by atoms with Gasteiger partial charge >= 0.3 is 0 Å². The molecule has 0 saturated carbocycles. The van der Waals surface area contributed by atoms with Gasteiger partial charge in [0, 0.05) is 27.7 Å². The molecular formula is C26H16Cl2N2O4S. The normalized spacial score (nSPS) is 14.8. The third kappa shape index (κ3) is 4.84. The fraction of sp³-hybridized carbons (Fsp3) is 0.0385. The van der Waals surface area contributed by atoms with E-state index in [-0.39, 0.29) is 4.91 Å². The number of carbonyl (C=O) groups is 3. The summed E-state index contributed by atoms with van der Waals surface area (Å²) in [5, 5.41) is 5.07. The lowest BCUT2D eigenvalue weighted by atomic mass is 10.1. The zero-order chi connectivity index (χ0) is 24.5. The first kappa shape index (κ1) is 23.2. The number of nitrogens with one attached hydrogen (secondary N) is 1. The Morgan fingerprint density at radius 3 is 2.66 bits per heavy atom. The van der Waals surface area contributed by atoms with E-state index in [0.717, 1.165) is 27.4 Å². The average molecular weight is 523 g/mol. The van der Waals surface area contributed by atoms with E-state index >= 15 is 0 Å². The molecule has 0 bridgehead atoms. The molecule has 0 radical (unpaired) electrons. The highest BCUT2D eigenvalue weighted by Gasteiger charge is 2.36. The second-order valence-electron chi connectivity index (χ2n) is 7.67. The zero-order valence-corrected chi connectivity index (χ0v) is 20.3. The number of hydrogen-bond donors (Lipinski definition) is 1. The molecular weight excluding hydrogens is 507 g/mol. The maximum Gasteiger partial charge on any atom is 0.294 e. The molecule has 0 atom stereocenters. The summed E-state index contributed by atoms with van der Waals surface area (Å²) >= 11 is 13.0. The molecule has 1 aliphatic rings. The zero-order valence-electron chi connectivity index (χ0n) is 18.0. The van der Waals surface area contributed by atoms with E-state index in [1.807, 2.05) is 36.4 Å². The van der Waals surface area contributed by atoms with Gasteiger partial charge in [0.25, 0.3) is 11.1 Å². The summed E-state index contributed by atoms with van der Waals surface area (Å²) in [5.74, 6) is -0.202. The SMILES string of the molecule is O=C(CN1C(=O)S/C(=C/c2ccc(-c3cc(Cl)ccc3Cl)o2)C1=O)Nc1cccc2ccccc12. The van der Waals surface area contributed by atoms with Crippen LogP contribution < -0.4 is 5.32 Å². The number of rotatable bonds is 5. The molecule has 0 aliphatic carbocycles. The Labute approximate surface area is 214 Å². The van der Waals surface area contributed by atoms with Crippen LogP contribution in [0.15, 0.2) is 82.1 Å². The summed E-state index contributed by atoms with van der Waals surface area (Å²) in [6.07, 6.45) is 1.47. The Morgan fingerprint density at radius 1 is 1.00 bits per heavy atom. The first-order valence-corrected chi connectivity index (χ1v) is 12.0. The van der Waals surface area contributed by atoms with Gasteiger partial charge in [0.15, 0.2) is 0 Å². The molecule has 174 valence electrons. The molecule has 9 heteroatoms. The van der Waals surface area contributed by atoms with Gasteiger partial charge in [0.1, 0.15) is 18.1 Å². The number of nitrogens with zero attached hydrogens (tertiary/aromatic N) is 1. The quantitative estimate of drug-likeness (QED) is 0.283. The monoisotopic (exact) mass is 522 g/mol. The first-order valence-electron chi connectivity index (χ1n) is 10.5. The van der Waals surface area contributed by atoms with Gasteiger partial charge in [-0.1, -0.05) is 59.6 Å². The second kappa shape index (κ2) is 9.62. The van der Waals surface area contributed by atoms with Gasteiger partial charge in [0.05, 0.1) is 9.93 Å². The maximum absolute atomic E-state index is 12.9. The topological polar surface area (TPSA) is 79.6 Å². The number of thioether (sulfide) groups is 1. The third-order valence-corrected chi connectivity index (χ3v) is 6.81. The number of fused-ring (bicyclic) bond motifs is 1. The number of halogens is 2. The lowest BCUT2D eigenvalue weighted by Crippen LogP contribution is -2.36. The van der Waals surface area contributed by atoms with Crippen molar-refractivity contribution in [3.8, 4) is 11.3 Å². The second-order valence-corrected chi connectivity index (χ2v) is 9.51. The van der Waals surface area contributed by atoms with Crippen LogP contribution in [0.3, 0.4) is 0 Å². The summed E-state index contributed by atoms with van der Waals surface area (Å²) in [4.78, 5) is 39.1. The highest BCUT2D eigenvalue weighted by atomic mass is 35.5. The van der Waals surface area contributed by atoms with Crippen LogP contribution in [-0.4, -0.2) is 28.5 Å². The average Bonchev–Trinajstić information content (AvgIpc) is 3.41. The molecule has 3 amide bonds. The smallest absolute Gasteiger partial charge is 0.294 e. The minimum atomic E-state index is -0.563. The summed E-state index contributed by atoms with van der Waals surface area (Å²) in [6, 6.07) is 21.5. The van der Waals surface area contributed by atoms with E-state index in [2.05, 4.69) is 5.32 Å². The van der Waals surface area contributed by atoms with Crippen LogP contribution in [0.25, 0.3) is 28.2 Å². The number of amides is 3. The lowest BCUT2D eigenvalue weighted by Gasteiger charge is -2.13. The van der Waals surface area contributed by atoms with Crippen LogP contribution in [0.5, 0.6) is 0 Å². The molecule has 1 aromatic heterocycles. The first-order chi connectivity index (χ1) is 16.9. The molecule has 6 nitrogen and oxygen atoms in total. The number of imide groups is 1. The Kier molecular flexibility index (Phi) is 6.38. The fourth-order valence-corrected chi connectivity index (χ4v) is 4.90. The summed E-state index contributed by atoms with van der Waals surface area (Å²) in [5.41, 5.74) is 1.22. The largest absolute Gasteiger partial charge is 0.457 e. The van der Waals surface area contributed by atoms with Crippen molar-refractivity contribution in [2.75, 3.05) is 11.9 Å². The molecule has 1 saturated heterocycles. The standard InChI is InChI=1S/C26H16Cl2N2O4S/c27-16-8-10-20(28)19(12-16)22-11-9-17(34-22)13-23-25(32)30(26(33)35-23)14-24(31)29-21-7-3-5-15-4-1-2-6-18(15)21/h1-13H,14H2,(H,29,31)/b23-13+. The predicted octanol–water partition coefficient (Wildman–Crippen LogP) is 7.08. The highest BCUT2D eigenvalue weighted by molar-refractivity contribution is 8.18. The van der Waals surface area contributed by atoms with Gasteiger partial charge in [0.2, 0.25) is 5.91 Å². The van der Waals surface area contributed by atoms with Crippen LogP contribution >= 0.6 is 35.0 Å². The molecule has 2 heterocycles. The van der Waals surface area contributed by atoms with Gasteiger partial charge in [-0.15, -0.1) is 0 Å². The van der Waals surface area contributed by atoms with Crippen molar-refractivity contribution >= 4 is 74.6 Å². The predicted molar refractivity (Wildman–Crippen MR) is 139 cm³/mol. The number of benzene rings is 3. The summed E-state index contributed by atoms with van der Waals surface area (Å²) in [6.45, 7) is -0.396. The van der Waals surface area contributed by atoms with Crippen LogP contribution in [0, 0.1) is 0 Å². The van der Waals surface area contributed by atoms with Crippen molar-refractivity contribution in [1.29, 1.82) is 0 Å². The van der Waals surface area contributed by atoms with Crippen molar-refractivity contribution in [1.82, 2.24) is 4.90 Å². The van der Waals surface area contributed by atoms with Crippen LogP contribution in [0.2, 0.25) is 10.0 Å². The van der Waals surface area contributed by atoms with Crippen molar-refractivity contribution in [3.05, 3.63) is 93.5 Å². The molecule has 4 aromatic rings. The Hall–Kier alpha value is -3.52. The van der Waals surface area contributed by atoms with Crippen molar-refractivity contribution < 1.29 is 18.8 Å². The number of furan rings is 1. The minimum absolute atomic E-state index is 0.158. The molecule has 1 aliphatic heterocycles. The van der Waals surface area contributed by atoms with Gasteiger partial charge in [-0.05, 0) is 53.5 Å². The van der Waals surface area contributed by atoms with Crippen LogP contribution in [0.4, 0.5) is 10.5 Å². The Bertz CT molecular complexity index is 1520. The Morgan fingerprint density at radius 2 is 1.80 bits per heavy atom. The van der Waals surface area contributed by atoms with E-state index in [9.17, 15) is 14.4 Å². The number of carbonyl (C=O) groups excluding carboxylic acids is 3. The van der Waals surface area contributed by atoms with E-state index < -0.39 is 23.6 Å². The van der Waals surface area contributed by atoms with E-state index in [0.29, 0.717) is 32.8 Å². The minimum Gasteiger partial charge on any atom is -0.457 e. The van der Waals surface area contributed by atoms with Gasteiger partial charge in [-0.3, -0.25) is 19.3 Å². The molecule has 35 heavy (non-hydrogen) atoms. The van der Waals surface area contributed by atoms with Crippen LogP contribution in [-0.2, 0) is 9.59 Å². The molecule has 5 rings (SSSR count). The molecule has 0 unspecified atom stereocenters. The maximum atomic E-state index is 12.9. The summed E-state index contributed by atoms with van der Waals surface area (Å²) < 4.78 is 5.79. The lowest BCUT2D eigenvalue weighted by molar-refractivity contribution is -0.127. The highest BCUT2D eigenvalue weighted by Crippen LogP contribution is 2.35. The van der Waals surface area contributed by atoms with E-state index in [4.69, 9.17) is 27.6 Å². The molecule has 3 aromatic carbocycles. The third-order valence-electron chi connectivity index (χ3n) is 5.33. The van der Waals surface area contributed by atoms with E-state index in [1.54, 1.807) is 36.4 Å². The summed E-state index contributed by atoms with van der Waals surface area (Å²) in [7, 11) is 0. The molecule has 1 N–H and O–H groups in total. The number of hydrogen-bond acceptors (Lipinski definition) is 5. The van der Waals surface area contributed by atoms with Crippen LogP contribution in [0.1, 0.15) is 5.76 Å². The Balaban J connectivity index is 1.31. The van der Waals surface area contributed by atoms with Gasteiger partial charge in [-0.25, -0.2) is 0 Å². The van der Waals surface area contributed by atoms with Crippen molar-refractivity contribution in [3.63, 3.8) is 0 Å². The van der Waals surface area contributed by atoms with Crippen molar-refractivity contribution in [2.24, 2.45) is 0 Å². The van der Waals surface area contributed by atoms with Gasteiger partial charge in [-0.2, -0.15) is 0 Å². The van der Waals surface area contributed by atoms with E-state index in [1.165, 1.54) is 6.08 Å². The van der Waals surface area contributed by atoms with Crippen molar-refractivity contribution in [2.45, 2.75) is 0 Å². The molecule has 1 fully saturated rings. The number of anilines is 1. The van der Waals surface area contributed by atoms with Gasteiger partial charge < -0.3 is 9.73 Å². The fourth-order valence-electron chi connectivity index (χ4n) is 3.69.